The van der Waals surface area contributed by atoms with E-state index in [2.05, 4.69) is 46.8 Å². The van der Waals surface area contributed by atoms with Crippen molar-refractivity contribution < 1.29 is 4.74 Å². The van der Waals surface area contributed by atoms with Crippen molar-refractivity contribution in [1.29, 1.82) is 0 Å². The summed E-state index contributed by atoms with van der Waals surface area (Å²) < 4.78 is 5.86. The first-order chi connectivity index (χ1) is 10.8. The predicted octanol–water partition coefficient (Wildman–Crippen LogP) is 3.01. The molecule has 4 nitrogen and oxygen atoms in total. The highest BCUT2D eigenvalue weighted by atomic mass is 16.5. The van der Waals surface area contributed by atoms with Crippen LogP contribution in [0.1, 0.15) is 43.2 Å². The number of rotatable bonds is 7. The van der Waals surface area contributed by atoms with Crippen molar-refractivity contribution in [2.24, 2.45) is 4.99 Å². The van der Waals surface area contributed by atoms with E-state index in [1.165, 1.54) is 36.8 Å². The van der Waals surface area contributed by atoms with Crippen LogP contribution < -0.4 is 10.6 Å². The Morgan fingerprint density at radius 3 is 2.82 bits per heavy atom. The Hall–Kier alpha value is -1.55. The Balaban J connectivity index is 1.58. The first kappa shape index (κ1) is 16.8. The molecule has 22 heavy (non-hydrogen) atoms. The molecule has 0 saturated heterocycles. The van der Waals surface area contributed by atoms with Gasteiger partial charge in [0, 0.05) is 26.7 Å². The average molecular weight is 303 g/mol. The third-order valence-electron chi connectivity index (χ3n) is 4.04. The van der Waals surface area contributed by atoms with Gasteiger partial charge in [-0.05, 0) is 31.7 Å². The van der Waals surface area contributed by atoms with Gasteiger partial charge in [-0.1, -0.05) is 42.7 Å². The summed E-state index contributed by atoms with van der Waals surface area (Å²) in [5.74, 6) is 0.849. The standard InChI is InChI=1S/C18H29N3O/c1-15-7-5-8-16(13-15)14-21-18(19-2)20-11-6-12-22-17-9-3-4-10-17/h5,7-8,13,17H,3-4,6,9-12,14H2,1-2H3,(H2,19,20,21). The second kappa shape index (κ2) is 9.46. The van der Waals surface area contributed by atoms with Crippen LogP contribution in [-0.4, -0.2) is 32.3 Å². The van der Waals surface area contributed by atoms with Crippen molar-refractivity contribution >= 4 is 5.96 Å². The number of ether oxygens (including phenoxy) is 1. The Morgan fingerprint density at radius 2 is 2.09 bits per heavy atom. The summed E-state index contributed by atoms with van der Waals surface area (Å²) in [4.78, 5) is 4.25. The molecule has 1 saturated carbocycles. The summed E-state index contributed by atoms with van der Waals surface area (Å²) in [6.07, 6.45) is 6.68. The van der Waals surface area contributed by atoms with E-state index in [0.717, 1.165) is 32.1 Å². The van der Waals surface area contributed by atoms with Gasteiger partial charge in [-0.3, -0.25) is 4.99 Å². The van der Waals surface area contributed by atoms with E-state index >= 15 is 0 Å². The van der Waals surface area contributed by atoms with Crippen LogP contribution in [0.15, 0.2) is 29.3 Å². The molecule has 1 aliphatic carbocycles. The molecule has 0 spiro atoms. The van der Waals surface area contributed by atoms with Crippen molar-refractivity contribution in [3.8, 4) is 0 Å². The SMILES string of the molecule is CN=C(NCCCOC1CCCC1)NCc1cccc(C)c1. The molecule has 0 bridgehead atoms. The zero-order valence-corrected chi connectivity index (χ0v) is 13.9. The molecule has 1 aromatic rings. The monoisotopic (exact) mass is 303 g/mol. The molecule has 0 atom stereocenters. The van der Waals surface area contributed by atoms with Gasteiger partial charge < -0.3 is 15.4 Å². The smallest absolute Gasteiger partial charge is 0.191 e. The third-order valence-corrected chi connectivity index (χ3v) is 4.04. The fraction of sp³-hybridized carbons (Fsp3) is 0.611. The fourth-order valence-corrected chi connectivity index (χ4v) is 2.81. The van der Waals surface area contributed by atoms with E-state index in [-0.39, 0.29) is 0 Å². The molecule has 2 rings (SSSR count). The van der Waals surface area contributed by atoms with Gasteiger partial charge in [0.15, 0.2) is 5.96 Å². The highest BCUT2D eigenvalue weighted by Gasteiger charge is 2.14. The van der Waals surface area contributed by atoms with Gasteiger partial charge in [-0.2, -0.15) is 0 Å². The molecule has 122 valence electrons. The maximum absolute atomic E-state index is 5.86. The van der Waals surface area contributed by atoms with Crippen molar-refractivity contribution in [1.82, 2.24) is 10.6 Å². The van der Waals surface area contributed by atoms with E-state index in [4.69, 9.17) is 4.74 Å². The summed E-state index contributed by atoms with van der Waals surface area (Å²) in [5, 5.41) is 6.68. The van der Waals surface area contributed by atoms with Gasteiger partial charge >= 0.3 is 0 Å². The average Bonchev–Trinajstić information content (AvgIpc) is 3.03. The quantitative estimate of drug-likeness (QED) is 0.462. The highest BCUT2D eigenvalue weighted by molar-refractivity contribution is 5.79. The van der Waals surface area contributed by atoms with Crippen LogP contribution in [0.25, 0.3) is 0 Å². The van der Waals surface area contributed by atoms with E-state index in [0.29, 0.717) is 6.10 Å². The second-order valence-electron chi connectivity index (χ2n) is 5.97. The van der Waals surface area contributed by atoms with E-state index in [1.54, 1.807) is 7.05 Å². The van der Waals surface area contributed by atoms with Gasteiger partial charge in [0.2, 0.25) is 0 Å². The fourth-order valence-electron chi connectivity index (χ4n) is 2.81. The van der Waals surface area contributed by atoms with Crippen LogP contribution in [0.2, 0.25) is 0 Å². The van der Waals surface area contributed by atoms with E-state index in [9.17, 15) is 0 Å². The third kappa shape index (κ3) is 6.06. The number of aryl methyl sites for hydroxylation is 1. The Kier molecular flexibility index (Phi) is 7.23. The molecule has 0 amide bonds. The summed E-state index contributed by atoms with van der Waals surface area (Å²) in [6.45, 7) is 4.63. The Labute approximate surface area is 134 Å². The number of nitrogens with one attached hydrogen (secondary N) is 2. The predicted molar refractivity (Wildman–Crippen MR) is 92.2 cm³/mol. The zero-order valence-electron chi connectivity index (χ0n) is 13.9. The van der Waals surface area contributed by atoms with Gasteiger partial charge in [-0.25, -0.2) is 0 Å². The molecule has 2 N–H and O–H groups in total. The first-order valence-corrected chi connectivity index (χ1v) is 8.39. The number of aliphatic imine (C=N–C) groups is 1. The highest BCUT2D eigenvalue weighted by Crippen LogP contribution is 2.20. The van der Waals surface area contributed by atoms with Crippen molar-refractivity contribution in [3.05, 3.63) is 35.4 Å². The summed E-state index contributed by atoms with van der Waals surface area (Å²) in [7, 11) is 1.81. The molecule has 0 unspecified atom stereocenters. The van der Waals surface area contributed by atoms with Crippen molar-refractivity contribution in [2.75, 3.05) is 20.2 Å². The number of benzene rings is 1. The van der Waals surface area contributed by atoms with Gasteiger partial charge in [0.05, 0.1) is 6.10 Å². The normalized spacial score (nSPS) is 16.0. The number of nitrogens with zero attached hydrogens (tertiary/aromatic N) is 1. The molecule has 1 fully saturated rings. The minimum absolute atomic E-state index is 0.513. The van der Waals surface area contributed by atoms with Crippen LogP contribution in [-0.2, 0) is 11.3 Å². The van der Waals surface area contributed by atoms with Crippen LogP contribution in [0.5, 0.6) is 0 Å². The Morgan fingerprint density at radius 1 is 1.27 bits per heavy atom. The molecule has 0 aromatic heterocycles. The maximum atomic E-state index is 5.86. The lowest BCUT2D eigenvalue weighted by Crippen LogP contribution is -2.37. The second-order valence-corrected chi connectivity index (χ2v) is 5.97. The Bertz CT molecular complexity index is 467. The molecule has 0 radical (unpaired) electrons. The minimum Gasteiger partial charge on any atom is -0.378 e. The lowest BCUT2D eigenvalue weighted by molar-refractivity contribution is 0.0574. The molecular formula is C18H29N3O. The van der Waals surface area contributed by atoms with Crippen LogP contribution in [0, 0.1) is 6.92 Å². The number of hydrogen-bond donors (Lipinski definition) is 2. The summed E-state index contributed by atoms with van der Waals surface area (Å²) in [6, 6.07) is 8.52. The van der Waals surface area contributed by atoms with Crippen LogP contribution >= 0.6 is 0 Å². The molecule has 0 heterocycles. The zero-order chi connectivity index (χ0) is 15.6. The summed E-state index contributed by atoms with van der Waals surface area (Å²) in [5.41, 5.74) is 2.55. The van der Waals surface area contributed by atoms with Crippen LogP contribution in [0.4, 0.5) is 0 Å². The van der Waals surface area contributed by atoms with Crippen LogP contribution in [0.3, 0.4) is 0 Å². The lowest BCUT2D eigenvalue weighted by Gasteiger charge is -2.14. The number of hydrogen-bond acceptors (Lipinski definition) is 2. The minimum atomic E-state index is 0.513. The van der Waals surface area contributed by atoms with Gasteiger partial charge in [0.25, 0.3) is 0 Å². The number of guanidine groups is 1. The molecule has 0 aliphatic heterocycles. The lowest BCUT2D eigenvalue weighted by atomic mass is 10.1. The molecule has 4 heteroatoms. The first-order valence-electron chi connectivity index (χ1n) is 8.39. The van der Waals surface area contributed by atoms with Crippen molar-refractivity contribution in [3.63, 3.8) is 0 Å². The van der Waals surface area contributed by atoms with Gasteiger partial charge in [0.1, 0.15) is 0 Å². The molecule has 1 aromatic carbocycles. The van der Waals surface area contributed by atoms with Gasteiger partial charge in [-0.15, -0.1) is 0 Å². The van der Waals surface area contributed by atoms with E-state index in [1.807, 2.05) is 0 Å². The van der Waals surface area contributed by atoms with Crippen molar-refractivity contribution in [2.45, 2.75) is 51.7 Å². The summed E-state index contributed by atoms with van der Waals surface area (Å²) >= 11 is 0. The largest absolute Gasteiger partial charge is 0.378 e. The molecule has 1 aliphatic rings. The molecular weight excluding hydrogens is 274 g/mol. The topological polar surface area (TPSA) is 45.7 Å². The van der Waals surface area contributed by atoms with E-state index < -0.39 is 0 Å². The maximum Gasteiger partial charge on any atom is 0.191 e.